The number of nitrogens with one attached hydrogen (secondary N) is 1. The lowest BCUT2D eigenvalue weighted by Crippen LogP contribution is -2.51. The van der Waals surface area contributed by atoms with E-state index in [-0.39, 0.29) is 24.3 Å². The average molecular weight is 355 g/mol. The molecule has 21 heavy (non-hydrogen) atoms. The Bertz CT molecular complexity index is 512. The van der Waals surface area contributed by atoms with Gasteiger partial charge in [-0.1, -0.05) is 28.1 Å². The van der Waals surface area contributed by atoms with Gasteiger partial charge in [0, 0.05) is 17.6 Å². The summed E-state index contributed by atoms with van der Waals surface area (Å²) in [5.74, 6) is -0.619. The van der Waals surface area contributed by atoms with Crippen molar-refractivity contribution in [2.24, 2.45) is 5.92 Å². The van der Waals surface area contributed by atoms with Gasteiger partial charge < -0.3 is 10.4 Å². The average Bonchev–Trinajstić information content (AvgIpc) is 2.36. The van der Waals surface area contributed by atoms with Crippen molar-refractivity contribution in [1.29, 1.82) is 0 Å². The van der Waals surface area contributed by atoms with Crippen molar-refractivity contribution in [3.63, 3.8) is 0 Å². The van der Waals surface area contributed by atoms with Crippen molar-refractivity contribution >= 4 is 27.8 Å². The molecule has 2 N–H and O–H groups in total. The van der Waals surface area contributed by atoms with Gasteiger partial charge in [-0.15, -0.1) is 0 Å². The fraction of sp³-hybridized carbons (Fsp3) is 0.467. The number of carbonyl (C=O) groups is 2. The topological polar surface area (TPSA) is 69.6 Å². The molecule has 114 valence electrons. The number of likely N-dealkylation sites (tertiary alicyclic amines) is 1. The van der Waals surface area contributed by atoms with E-state index in [0.717, 1.165) is 10.0 Å². The molecule has 1 unspecified atom stereocenters. The highest BCUT2D eigenvalue weighted by Gasteiger charge is 2.29. The van der Waals surface area contributed by atoms with Crippen LogP contribution in [0.3, 0.4) is 0 Å². The van der Waals surface area contributed by atoms with Crippen LogP contribution in [0, 0.1) is 5.92 Å². The van der Waals surface area contributed by atoms with Gasteiger partial charge in [-0.3, -0.25) is 14.5 Å². The Labute approximate surface area is 132 Å². The smallest absolute Gasteiger partial charge is 0.303 e. The Hall–Kier alpha value is -1.40. The summed E-state index contributed by atoms with van der Waals surface area (Å²) in [5, 5.41) is 11.6. The van der Waals surface area contributed by atoms with Gasteiger partial charge in [0.15, 0.2) is 0 Å². The lowest BCUT2D eigenvalue weighted by molar-refractivity contribution is -0.139. The van der Waals surface area contributed by atoms with Crippen LogP contribution in [0.2, 0.25) is 0 Å². The van der Waals surface area contributed by atoms with Crippen molar-refractivity contribution in [2.45, 2.75) is 19.4 Å². The van der Waals surface area contributed by atoms with Gasteiger partial charge in [0.25, 0.3) is 0 Å². The van der Waals surface area contributed by atoms with Crippen molar-refractivity contribution < 1.29 is 14.7 Å². The molecule has 1 saturated heterocycles. The summed E-state index contributed by atoms with van der Waals surface area (Å²) in [6.45, 7) is 3.65. The third-order valence-electron chi connectivity index (χ3n) is 3.61. The minimum absolute atomic E-state index is 0.0285. The number of aliphatic carboxylic acids is 1. The van der Waals surface area contributed by atoms with Crippen LogP contribution in [-0.4, -0.2) is 41.5 Å². The van der Waals surface area contributed by atoms with Crippen LogP contribution < -0.4 is 5.32 Å². The molecule has 0 saturated carbocycles. The van der Waals surface area contributed by atoms with E-state index in [1.54, 1.807) is 0 Å². The van der Waals surface area contributed by atoms with Gasteiger partial charge in [0.1, 0.15) is 0 Å². The highest BCUT2D eigenvalue weighted by atomic mass is 79.9. The maximum absolute atomic E-state index is 11.9. The van der Waals surface area contributed by atoms with Crippen LogP contribution in [0.4, 0.5) is 0 Å². The Kier molecular flexibility index (Phi) is 5.36. The zero-order chi connectivity index (χ0) is 15.4. The molecule has 1 aliphatic heterocycles. The van der Waals surface area contributed by atoms with Crippen LogP contribution >= 0.6 is 15.9 Å². The van der Waals surface area contributed by atoms with Gasteiger partial charge in [0.05, 0.1) is 19.0 Å². The van der Waals surface area contributed by atoms with E-state index in [1.165, 1.54) is 0 Å². The third kappa shape index (κ3) is 4.82. The van der Waals surface area contributed by atoms with Crippen LogP contribution in [0.1, 0.15) is 24.9 Å². The van der Waals surface area contributed by atoms with E-state index in [1.807, 2.05) is 36.1 Å². The van der Waals surface area contributed by atoms with E-state index in [0.29, 0.717) is 19.6 Å². The Morgan fingerprint density at radius 3 is 2.57 bits per heavy atom. The van der Waals surface area contributed by atoms with Gasteiger partial charge in [0.2, 0.25) is 5.91 Å². The van der Waals surface area contributed by atoms with Crippen LogP contribution in [0.15, 0.2) is 28.7 Å². The number of benzene rings is 1. The van der Waals surface area contributed by atoms with Crippen molar-refractivity contribution in [1.82, 2.24) is 10.2 Å². The van der Waals surface area contributed by atoms with E-state index >= 15 is 0 Å². The van der Waals surface area contributed by atoms with Gasteiger partial charge in [-0.25, -0.2) is 0 Å². The molecule has 2 rings (SSSR count). The number of hydrogen-bond acceptors (Lipinski definition) is 3. The first-order valence-corrected chi connectivity index (χ1v) is 7.72. The van der Waals surface area contributed by atoms with E-state index in [4.69, 9.17) is 5.11 Å². The predicted octanol–water partition coefficient (Wildman–Crippen LogP) is 2.03. The minimum Gasteiger partial charge on any atom is -0.481 e. The molecule has 0 spiro atoms. The summed E-state index contributed by atoms with van der Waals surface area (Å²) in [7, 11) is 0. The molecule has 0 radical (unpaired) electrons. The fourth-order valence-corrected chi connectivity index (χ4v) is 2.77. The first kappa shape index (κ1) is 16.0. The quantitative estimate of drug-likeness (QED) is 0.819. The highest BCUT2D eigenvalue weighted by molar-refractivity contribution is 9.10. The molecule has 0 aliphatic carbocycles. The Morgan fingerprint density at radius 1 is 1.38 bits per heavy atom. The number of carbonyl (C=O) groups excluding carboxylic acids is 1. The first-order valence-electron chi connectivity index (χ1n) is 6.93. The van der Waals surface area contributed by atoms with E-state index in [9.17, 15) is 9.59 Å². The fourth-order valence-electron chi connectivity index (χ4n) is 2.51. The number of rotatable bonds is 6. The highest BCUT2D eigenvalue weighted by Crippen LogP contribution is 2.19. The second-order valence-electron chi connectivity index (χ2n) is 5.50. The molecule has 1 fully saturated rings. The molecule has 1 atom stereocenters. The van der Waals surface area contributed by atoms with Crippen molar-refractivity contribution in [3.05, 3.63) is 34.3 Å². The minimum atomic E-state index is -0.770. The monoisotopic (exact) mass is 354 g/mol. The predicted molar refractivity (Wildman–Crippen MR) is 82.9 cm³/mol. The lowest BCUT2D eigenvalue weighted by atomic mass is 9.96. The first-order chi connectivity index (χ1) is 9.94. The number of carboxylic acids is 1. The molecule has 1 amide bonds. The molecule has 6 heteroatoms. The maximum atomic E-state index is 11.9. The van der Waals surface area contributed by atoms with Crippen molar-refractivity contribution in [3.8, 4) is 0 Å². The third-order valence-corrected chi connectivity index (χ3v) is 4.14. The number of nitrogens with zero attached hydrogens (tertiary/aromatic N) is 1. The van der Waals surface area contributed by atoms with Crippen molar-refractivity contribution in [2.75, 3.05) is 19.6 Å². The summed E-state index contributed by atoms with van der Waals surface area (Å²) in [5.41, 5.74) is 1.05. The molecule has 0 aromatic heterocycles. The number of amides is 1. The molecular formula is C15H19BrN2O3. The van der Waals surface area contributed by atoms with Crippen LogP contribution in [-0.2, 0) is 9.59 Å². The van der Waals surface area contributed by atoms with Gasteiger partial charge in [-0.2, -0.15) is 0 Å². The summed E-state index contributed by atoms with van der Waals surface area (Å²) in [4.78, 5) is 24.5. The molecule has 1 aliphatic rings. The molecule has 1 aromatic rings. The Morgan fingerprint density at radius 2 is 2.00 bits per heavy atom. The largest absolute Gasteiger partial charge is 0.481 e. The van der Waals surface area contributed by atoms with E-state index < -0.39 is 5.97 Å². The molecule has 1 aromatic carbocycles. The SMILES string of the molecule is CC(NC(=O)CN1CC(CC(=O)O)C1)c1ccc(Br)cc1. The normalized spacial score (nSPS) is 17.0. The van der Waals surface area contributed by atoms with Gasteiger partial charge in [-0.05, 0) is 30.5 Å². The summed E-state index contributed by atoms with van der Waals surface area (Å²) in [6.07, 6.45) is 0.188. The second-order valence-corrected chi connectivity index (χ2v) is 6.41. The molecule has 0 bridgehead atoms. The van der Waals surface area contributed by atoms with Crippen LogP contribution in [0.25, 0.3) is 0 Å². The number of hydrogen-bond donors (Lipinski definition) is 2. The zero-order valence-electron chi connectivity index (χ0n) is 11.9. The maximum Gasteiger partial charge on any atom is 0.303 e. The molecule has 5 nitrogen and oxygen atoms in total. The summed E-state index contributed by atoms with van der Waals surface area (Å²) < 4.78 is 1.01. The molecule has 1 heterocycles. The Balaban J connectivity index is 1.73. The summed E-state index contributed by atoms with van der Waals surface area (Å²) >= 11 is 3.38. The van der Waals surface area contributed by atoms with E-state index in [2.05, 4.69) is 21.2 Å². The summed E-state index contributed by atoms with van der Waals surface area (Å²) in [6, 6.07) is 7.80. The second kappa shape index (κ2) is 7.04. The standard InChI is InChI=1S/C15H19BrN2O3/c1-10(12-2-4-13(16)5-3-12)17-14(19)9-18-7-11(8-18)6-15(20)21/h2-5,10-11H,6-9H2,1H3,(H,17,19)(H,20,21). The van der Waals surface area contributed by atoms with Crippen LogP contribution in [0.5, 0.6) is 0 Å². The number of halogens is 1. The molecular weight excluding hydrogens is 336 g/mol. The number of carboxylic acid groups (broad SMARTS) is 1. The zero-order valence-corrected chi connectivity index (χ0v) is 13.5. The van der Waals surface area contributed by atoms with Gasteiger partial charge >= 0.3 is 5.97 Å². The lowest BCUT2D eigenvalue weighted by Gasteiger charge is -2.38.